The lowest BCUT2D eigenvalue weighted by Gasteiger charge is -2.31. The number of benzene rings is 4. The predicted molar refractivity (Wildman–Crippen MR) is 154 cm³/mol. The minimum atomic E-state index is -1.65. The molecule has 4 atom stereocenters. The molecule has 4 aromatic rings. The van der Waals surface area contributed by atoms with Crippen LogP contribution in [-0.4, -0.2) is 39.9 Å². The second kappa shape index (κ2) is 10.2. The van der Waals surface area contributed by atoms with E-state index in [9.17, 15) is 19.5 Å². The van der Waals surface area contributed by atoms with E-state index in [4.69, 9.17) is 0 Å². The van der Waals surface area contributed by atoms with Gasteiger partial charge in [-0.1, -0.05) is 103 Å². The first-order valence-corrected chi connectivity index (χ1v) is 13.5. The zero-order valence-corrected chi connectivity index (χ0v) is 22.0. The van der Waals surface area contributed by atoms with Gasteiger partial charge in [-0.2, -0.15) is 0 Å². The number of carbonyl (C=O) groups is 3. The largest absolute Gasteiger partial charge is 0.480 e. The van der Waals surface area contributed by atoms with Gasteiger partial charge in [0.2, 0.25) is 11.8 Å². The van der Waals surface area contributed by atoms with E-state index >= 15 is 0 Å². The number of rotatable bonds is 8. The van der Waals surface area contributed by atoms with Crippen LogP contribution in [0.1, 0.15) is 23.6 Å². The molecule has 4 aromatic carbocycles. The minimum Gasteiger partial charge on any atom is -0.480 e. The molecule has 0 bridgehead atoms. The van der Waals surface area contributed by atoms with Gasteiger partial charge in [0.15, 0.2) is 0 Å². The van der Waals surface area contributed by atoms with Crippen LogP contribution in [0.5, 0.6) is 0 Å². The molecule has 0 aromatic heterocycles. The summed E-state index contributed by atoms with van der Waals surface area (Å²) in [6.45, 7) is 3.92. The Morgan fingerprint density at radius 1 is 0.875 bits per heavy atom. The number of carbonyl (C=O) groups excluding carboxylic acids is 2. The number of carboxylic acid groups (broad SMARTS) is 1. The summed E-state index contributed by atoms with van der Waals surface area (Å²) >= 11 is 0. The number of aliphatic carboxylic acids is 1. The number of amides is 2. The highest BCUT2D eigenvalue weighted by atomic mass is 16.4. The molecule has 0 aliphatic carbocycles. The molecule has 0 spiro atoms. The highest BCUT2D eigenvalue weighted by molar-refractivity contribution is 6.09. The van der Waals surface area contributed by atoms with Crippen LogP contribution < -0.4 is 5.32 Å². The Morgan fingerprint density at radius 2 is 1.55 bits per heavy atom. The smallest absolute Gasteiger partial charge is 0.325 e. The maximum absolute atomic E-state index is 13.8. The van der Waals surface area contributed by atoms with Gasteiger partial charge in [-0.05, 0) is 39.4 Å². The van der Waals surface area contributed by atoms with Gasteiger partial charge in [-0.25, -0.2) is 0 Å². The number of nitrogens with zero attached hydrogens (tertiary/aromatic N) is 1. The third-order valence-electron chi connectivity index (χ3n) is 8.36. The quantitative estimate of drug-likeness (QED) is 0.236. The summed E-state index contributed by atoms with van der Waals surface area (Å²) in [6, 6.07) is 30.8. The van der Waals surface area contributed by atoms with Crippen molar-refractivity contribution in [3.8, 4) is 11.1 Å². The summed E-state index contributed by atoms with van der Waals surface area (Å²) < 4.78 is 0. The Morgan fingerprint density at radius 3 is 2.25 bits per heavy atom. The molecule has 200 valence electrons. The van der Waals surface area contributed by atoms with Crippen molar-refractivity contribution in [2.75, 3.05) is 6.54 Å². The first kappa shape index (κ1) is 25.7. The lowest BCUT2D eigenvalue weighted by molar-refractivity contribution is -0.151. The van der Waals surface area contributed by atoms with E-state index in [1.807, 2.05) is 97.1 Å². The Bertz CT molecular complexity index is 1610. The van der Waals surface area contributed by atoms with Crippen LogP contribution in [0, 0.1) is 11.8 Å². The molecular weight excluding hydrogens is 500 g/mol. The molecule has 2 amide bonds. The molecule has 2 aliphatic rings. The summed E-state index contributed by atoms with van der Waals surface area (Å²) in [7, 11) is 0. The number of carboxylic acids is 1. The van der Waals surface area contributed by atoms with Gasteiger partial charge in [-0.15, -0.1) is 6.58 Å². The van der Waals surface area contributed by atoms with Crippen LogP contribution in [0.4, 0.5) is 0 Å². The van der Waals surface area contributed by atoms with Crippen LogP contribution in [0.25, 0.3) is 21.9 Å². The summed E-state index contributed by atoms with van der Waals surface area (Å²) in [5.74, 6) is -3.76. The molecule has 4 unspecified atom stereocenters. The number of imide groups is 1. The fraction of sp³-hybridized carbons (Fsp3) is 0.206. The van der Waals surface area contributed by atoms with Crippen molar-refractivity contribution in [1.82, 2.24) is 10.2 Å². The third-order valence-corrected chi connectivity index (χ3v) is 8.36. The zero-order chi connectivity index (χ0) is 27.9. The van der Waals surface area contributed by atoms with Gasteiger partial charge in [0, 0.05) is 19.0 Å². The zero-order valence-electron chi connectivity index (χ0n) is 22.0. The Hall–Kier alpha value is -4.55. The molecule has 6 rings (SSSR count). The SMILES string of the molecule is C=CCCN1C(=O)C2C(c3ccc(-c4ccccc4)cc3)NC(Cc3ccc4ccccc4c3)(C(=O)O)C2C1=O. The topological polar surface area (TPSA) is 86.7 Å². The van der Waals surface area contributed by atoms with Gasteiger partial charge < -0.3 is 5.11 Å². The Kier molecular flexibility index (Phi) is 6.56. The van der Waals surface area contributed by atoms with Crippen molar-refractivity contribution in [3.63, 3.8) is 0 Å². The average Bonchev–Trinajstić information content (AvgIpc) is 3.45. The fourth-order valence-corrected chi connectivity index (χ4v) is 6.41. The van der Waals surface area contributed by atoms with Crippen molar-refractivity contribution < 1.29 is 19.5 Å². The molecule has 6 heteroatoms. The van der Waals surface area contributed by atoms with Crippen molar-refractivity contribution in [2.45, 2.75) is 24.4 Å². The fourth-order valence-electron chi connectivity index (χ4n) is 6.41. The number of hydrogen-bond donors (Lipinski definition) is 2. The normalized spacial score (nSPS) is 23.9. The molecule has 0 radical (unpaired) electrons. The van der Waals surface area contributed by atoms with E-state index in [1.54, 1.807) is 6.08 Å². The summed E-state index contributed by atoms with van der Waals surface area (Å²) in [5.41, 5.74) is 2.00. The first-order chi connectivity index (χ1) is 19.4. The highest BCUT2D eigenvalue weighted by Gasteiger charge is 2.68. The number of nitrogens with one attached hydrogen (secondary N) is 1. The van der Waals surface area contributed by atoms with Gasteiger partial charge in [0.25, 0.3) is 0 Å². The predicted octanol–water partition coefficient (Wildman–Crippen LogP) is 5.39. The number of likely N-dealkylation sites (tertiary alicyclic amines) is 1. The maximum Gasteiger partial charge on any atom is 0.325 e. The average molecular weight is 531 g/mol. The van der Waals surface area contributed by atoms with E-state index < -0.39 is 35.3 Å². The van der Waals surface area contributed by atoms with E-state index in [0.29, 0.717) is 6.42 Å². The third kappa shape index (κ3) is 4.21. The molecule has 2 fully saturated rings. The van der Waals surface area contributed by atoms with Gasteiger partial charge in [0.05, 0.1) is 11.8 Å². The van der Waals surface area contributed by atoms with Crippen molar-refractivity contribution in [3.05, 3.63) is 121 Å². The Labute approximate surface area is 232 Å². The summed E-state index contributed by atoms with van der Waals surface area (Å²) in [6.07, 6.45) is 2.18. The van der Waals surface area contributed by atoms with Gasteiger partial charge in [-0.3, -0.25) is 24.6 Å². The maximum atomic E-state index is 13.8. The molecule has 2 saturated heterocycles. The van der Waals surface area contributed by atoms with Crippen molar-refractivity contribution in [1.29, 1.82) is 0 Å². The molecule has 2 heterocycles. The van der Waals surface area contributed by atoms with Gasteiger partial charge in [0.1, 0.15) is 5.54 Å². The highest BCUT2D eigenvalue weighted by Crippen LogP contribution is 2.50. The van der Waals surface area contributed by atoms with Crippen molar-refractivity contribution >= 4 is 28.6 Å². The van der Waals surface area contributed by atoms with Crippen LogP contribution in [0.15, 0.2) is 110 Å². The molecule has 2 aliphatic heterocycles. The van der Waals surface area contributed by atoms with E-state index in [-0.39, 0.29) is 18.9 Å². The second-order valence-corrected chi connectivity index (χ2v) is 10.7. The van der Waals surface area contributed by atoms with Crippen LogP contribution >= 0.6 is 0 Å². The standard InChI is InChI=1S/C34H30N2O4/c1-2-3-19-36-31(37)28-29(32(36)38)34(33(39)40,21-22-13-14-24-11-7-8-12-27(24)20-22)35-30(28)26-17-15-25(16-18-26)23-9-5-4-6-10-23/h2,4-18,20,28-30,35H,1,3,19,21H2,(H,39,40). The van der Waals surface area contributed by atoms with Crippen molar-refractivity contribution in [2.24, 2.45) is 11.8 Å². The molecule has 2 N–H and O–H groups in total. The molecule has 6 nitrogen and oxygen atoms in total. The molecule has 40 heavy (non-hydrogen) atoms. The Balaban J connectivity index is 1.42. The first-order valence-electron chi connectivity index (χ1n) is 13.5. The van der Waals surface area contributed by atoms with Crippen LogP contribution in [0.2, 0.25) is 0 Å². The molecule has 0 saturated carbocycles. The lowest BCUT2D eigenvalue weighted by atomic mass is 9.76. The molecular formula is C34H30N2O4. The lowest BCUT2D eigenvalue weighted by Crippen LogP contribution is -2.57. The van der Waals surface area contributed by atoms with E-state index in [0.717, 1.165) is 33.0 Å². The van der Waals surface area contributed by atoms with Crippen LogP contribution in [-0.2, 0) is 20.8 Å². The van der Waals surface area contributed by atoms with E-state index in [1.165, 1.54) is 4.90 Å². The van der Waals surface area contributed by atoms with E-state index in [2.05, 4.69) is 11.9 Å². The summed E-state index contributed by atoms with van der Waals surface area (Å²) in [4.78, 5) is 42.0. The second-order valence-electron chi connectivity index (χ2n) is 10.7. The minimum absolute atomic E-state index is 0.0707. The monoisotopic (exact) mass is 530 g/mol. The number of hydrogen-bond acceptors (Lipinski definition) is 4. The van der Waals surface area contributed by atoms with Crippen LogP contribution in [0.3, 0.4) is 0 Å². The van der Waals surface area contributed by atoms with Gasteiger partial charge >= 0.3 is 5.97 Å². The number of fused-ring (bicyclic) bond motifs is 2. The summed E-state index contributed by atoms with van der Waals surface area (Å²) in [5, 5.41) is 16.1.